The molecule has 0 aliphatic heterocycles. The number of aromatic nitrogens is 1. The quantitative estimate of drug-likeness (QED) is 0.466. The Hall–Kier alpha value is -2.44. The van der Waals surface area contributed by atoms with Crippen LogP contribution in [0.25, 0.3) is 6.08 Å². The number of carboxylic acids is 1. The van der Waals surface area contributed by atoms with Gasteiger partial charge in [-0.15, -0.1) is 0 Å². The molecule has 0 amide bonds. The van der Waals surface area contributed by atoms with Crippen molar-refractivity contribution < 1.29 is 19.6 Å². The van der Waals surface area contributed by atoms with Gasteiger partial charge in [-0.25, -0.2) is 9.78 Å². The summed E-state index contributed by atoms with van der Waals surface area (Å²) in [5.41, 5.74) is -0.000162. The van der Waals surface area contributed by atoms with Gasteiger partial charge >= 0.3 is 11.7 Å². The molecule has 7 heteroatoms. The second-order valence-corrected chi connectivity index (χ2v) is 2.69. The molecule has 16 heavy (non-hydrogen) atoms. The summed E-state index contributed by atoms with van der Waals surface area (Å²) in [7, 11) is 1.25. The van der Waals surface area contributed by atoms with E-state index >= 15 is 0 Å². The van der Waals surface area contributed by atoms with Gasteiger partial charge in [-0.1, -0.05) is 0 Å². The van der Waals surface area contributed by atoms with Gasteiger partial charge in [0.05, 0.1) is 17.7 Å². The number of pyridine rings is 1. The molecule has 0 saturated heterocycles. The zero-order valence-corrected chi connectivity index (χ0v) is 8.28. The van der Waals surface area contributed by atoms with Crippen LogP contribution in [0.3, 0.4) is 0 Å². The highest BCUT2D eigenvalue weighted by atomic mass is 16.6. The van der Waals surface area contributed by atoms with E-state index < -0.39 is 10.9 Å². The van der Waals surface area contributed by atoms with Crippen molar-refractivity contribution in [3.8, 4) is 5.88 Å². The summed E-state index contributed by atoms with van der Waals surface area (Å²) in [6.07, 6.45) is 2.10. The van der Waals surface area contributed by atoms with Gasteiger partial charge in [-0.05, 0) is 12.1 Å². The molecule has 1 rings (SSSR count). The fourth-order valence-corrected chi connectivity index (χ4v) is 0.986. The smallest absolute Gasteiger partial charge is 0.330 e. The lowest BCUT2D eigenvalue weighted by Gasteiger charge is -2.00. The van der Waals surface area contributed by atoms with Crippen molar-refractivity contribution in [2.24, 2.45) is 0 Å². The second-order valence-electron chi connectivity index (χ2n) is 2.69. The molecule has 1 heterocycles. The molecule has 0 atom stereocenters. The molecule has 0 unspecified atom stereocenters. The first kappa shape index (κ1) is 11.6. The number of rotatable bonds is 4. The lowest BCUT2D eigenvalue weighted by molar-refractivity contribution is -0.386. The summed E-state index contributed by atoms with van der Waals surface area (Å²) in [5, 5.41) is 18.9. The highest BCUT2D eigenvalue weighted by Crippen LogP contribution is 2.24. The van der Waals surface area contributed by atoms with E-state index in [1.807, 2.05) is 0 Å². The van der Waals surface area contributed by atoms with Gasteiger partial charge in [0.15, 0.2) is 0 Å². The van der Waals surface area contributed by atoms with E-state index in [-0.39, 0.29) is 17.3 Å². The zero-order chi connectivity index (χ0) is 12.1. The summed E-state index contributed by atoms with van der Waals surface area (Å²) in [6, 6.07) is 2.54. The molecule has 0 fully saturated rings. The molecule has 1 aromatic rings. The lowest BCUT2D eigenvalue weighted by Crippen LogP contribution is -1.97. The molecule has 0 aliphatic rings. The van der Waals surface area contributed by atoms with E-state index in [0.717, 1.165) is 6.08 Å². The number of aliphatic carboxylic acids is 1. The molecular formula is C9H8N2O5. The van der Waals surface area contributed by atoms with Gasteiger partial charge in [0.1, 0.15) is 0 Å². The number of nitrogens with zero attached hydrogens (tertiary/aromatic N) is 2. The molecule has 0 aliphatic carbocycles. The maximum Gasteiger partial charge on any atom is 0.330 e. The molecule has 0 aromatic carbocycles. The maximum atomic E-state index is 10.5. The van der Waals surface area contributed by atoms with Crippen LogP contribution in [0.4, 0.5) is 5.69 Å². The van der Waals surface area contributed by atoms with Crippen LogP contribution in [0, 0.1) is 10.1 Å². The third-order valence-corrected chi connectivity index (χ3v) is 1.65. The molecule has 1 aromatic heterocycles. The van der Waals surface area contributed by atoms with Gasteiger partial charge in [-0.2, -0.15) is 0 Å². The summed E-state index contributed by atoms with van der Waals surface area (Å²) in [5.74, 6) is -1.28. The Balaban J connectivity index is 3.09. The molecular weight excluding hydrogens is 216 g/mol. The fraction of sp³-hybridized carbons (Fsp3) is 0.111. The number of carboxylic acid groups (broad SMARTS) is 1. The van der Waals surface area contributed by atoms with Crippen LogP contribution in [0.1, 0.15) is 5.69 Å². The van der Waals surface area contributed by atoms with Crippen molar-refractivity contribution in [3.05, 3.63) is 34.0 Å². The van der Waals surface area contributed by atoms with E-state index in [2.05, 4.69) is 4.98 Å². The SMILES string of the molecule is COc1nc(C=CC(=O)O)ccc1[N+](=O)[O-]. The van der Waals surface area contributed by atoms with Crippen molar-refractivity contribution in [2.45, 2.75) is 0 Å². The largest absolute Gasteiger partial charge is 0.478 e. The lowest BCUT2D eigenvalue weighted by atomic mass is 10.3. The molecule has 7 nitrogen and oxygen atoms in total. The van der Waals surface area contributed by atoms with Crippen molar-refractivity contribution in [2.75, 3.05) is 7.11 Å². The predicted molar refractivity (Wildman–Crippen MR) is 54.1 cm³/mol. The van der Waals surface area contributed by atoms with Gasteiger partial charge in [0.2, 0.25) is 0 Å². The molecule has 0 saturated carbocycles. The summed E-state index contributed by atoms with van der Waals surface area (Å²) >= 11 is 0. The Labute approximate surface area is 90.1 Å². The van der Waals surface area contributed by atoms with Gasteiger partial charge in [0.25, 0.3) is 5.88 Å². The summed E-state index contributed by atoms with van der Waals surface area (Å²) < 4.78 is 4.72. The first-order chi connectivity index (χ1) is 7.54. The summed E-state index contributed by atoms with van der Waals surface area (Å²) in [4.78, 5) is 23.9. The molecule has 1 N–H and O–H groups in total. The normalized spacial score (nSPS) is 10.3. The van der Waals surface area contributed by atoms with Gasteiger partial charge in [-0.3, -0.25) is 10.1 Å². The first-order valence-electron chi connectivity index (χ1n) is 4.15. The summed E-state index contributed by atoms with van der Waals surface area (Å²) in [6.45, 7) is 0. The minimum Gasteiger partial charge on any atom is -0.478 e. The Morgan fingerprint density at radius 3 is 2.81 bits per heavy atom. The topological polar surface area (TPSA) is 103 Å². The van der Waals surface area contributed by atoms with Crippen molar-refractivity contribution >= 4 is 17.7 Å². The highest BCUT2D eigenvalue weighted by Gasteiger charge is 2.15. The number of hydrogen-bond acceptors (Lipinski definition) is 5. The molecule has 0 bridgehead atoms. The van der Waals surface area contributed by atoms with Crippen LogP contribution in [-0.2, 0) is 4.79 Å². The van der Waals surface area contributed by atoms with Crippen LogP contribution >= 0.6 is 0 Å². The fourth-order valence-electron chi connectivity index (χ4n) is 0.986. The Kier molecular flexibility index (Phi) is 3.54. The monoisotopic (exact) mass is 224 g/mol. The number of methoxy groups -OCH3 is 1. The Morgan fingerprint density at radius 2 is 2.31 bits per heavy atom. The van der Waals surface area contributed by atoms with Crippen LogP contribution < -0.4 is 4.74 Å². The average Bonchev–Trinajstić information content (AvgIpc) is 2.25. The number of nitro groups is 1. The van der Waals surface area contributed by atoms with Crippen LogP contribution in [0.15, 0.2) is 18.2 Å². The van der Waals surface area contributed by atoms with Crippen LogP contribution in [0.2, 0.25) is 0 Å². The molecule has 0 radical (unpaired) electrons. The highest BCUT2D eigenvalue weighted by molar-refractivity contribution is 5.84. The van der Waals surface area contributed by atoms with E-state index in [4.69, 9.17) is 9.84 Å². The Bertz CT molecular complexity index is 455. The van der Waals surface area contributed by atoms with Crippen LogP contribution in [-0.4, -0.2) is 28.1 Å². The average molecular weight is 224 g/mol. The first-order valence-corrected chi connectivity index (χ1v) is 4.15. The number of ether oxygens (including phenoxy) is 1. The minimum absolute atomic E-state index is 0.155. The Morgan fingerprint density at radius 1 is 1.62 bits per heavy atom. The van der Waals surface area contributed by atoms with E-state index in [1.54, 1.807) is 0 Å². The number of carbonyl (C=O) groups is 1. The van der Waals surface area contributed by atoms with E-state index in [9.17, 15) is 14.9 Å². The van der Waals surface area contributed by atoms with E-state index in [0.29, 0.717) is 0 Å². The van der Waals surface area contributed by atoms with Gasteiger partial charge in [0, 0.05) is 12.1 Å². The second kappa shape index (κ2) is 4.87. The van der Waals surface area contributed by atoms with Crippen molar-refractivity contribution in [3.63, 3.8) is 0 Å². The third-order valence-electron chi connectivity index (χ3n) is 1.65. The third kappa shape index (κ3) is 2.77. The predicted octanol–water partition coefficient (Wildman–Crippen LogP) is 1.10. The standard InChI is InChI=1S/C9H8N2O5/c1-16-9-7(11(14)15)4-2-6(10-9)3-5-8(12)13/h2-5H,1H3,(H,12,13). The zero-order valence-electron chi connectivity index (χ0n) is 8.28. The van der Waals surface area contributed by atoms with E-state index in [1.165, 1.54) is 25.3 Å². The molecule has 0 spiro atoms. The molecule has 84 valence electrons. The number of hydrogen-bond donors (Lipinski definition) is 1. The maximum absolute atomic E-state index is 10.5. The van der Waals surface area contributed by atoms with Crippen LogP contribution in [0.5, 0.6) is 5.88 Å². The van der Waals surface area contributed by atoms with Gasteiger partial charge < -0.3 is 9.84 Å². The van der Waals surface area contributed by atoms with Crippen molar-refractivity contribution in [1.82, 2.24) is 4.98 Å². The van der Waals surface area contributed by atoms with Crippen molar-refractivity contribution in [1.29, 1.82) is 0 Å². The minimum atomic E-state index is -1.13.